The molecule has 1 aliphatic rings. The number of aliphatic hydroxyl groups excluding tert-OH is 1. The summed E-state index contributed by atoms with van der Waals surface area (Å²) < 4.78 is 5.54. The first-order valence-corrected chi connectivity index (χ1v) is 10.2. The molecule has 164 valence electrons. The standard InChI is InChI=1S/C20H35N5O4/c1-12(2)9-25(18(27)17-13(3)21-23-22-17)16-8-15(14(4)26)10-24(11-16)19(28)29-20(5,6)7/h12,14-16,26H,8-11H2,1-7H3,(H,21,22,23). The van der Waals surface area contributed by atoms with Gasteiger partial charge in [-0.25, -0.2) is 4.79 Å². The van der Waals surface area contributed by atoms with Crippen molar-refractivity contribution in [3.05, 3.63) is 11.4 Å². The smallest absolute Gasteiger partial charge is 0.410 e. The Morgan fingerprint density at radius 3 is 2.41 bits per heavy atom. The van der Waals surface area contributed by atoms with Crippen LogP contribution in [0.3, 0.4) is 0 Å². The Labute approximate surface area is 172 Å². The predicted octanol–water partition coefficient (Wildman–Crippen LogP) is 2.22. The maximum absolute atomic E-state index is 13.2. The van der Waals surface area contributed by atoms with Crippen LogP contribution < -0.4 is 0 Å². The maximum atomic E-state index is 13.2. The number of piperidine rings is 1. The topological polar surface area (TPSA) is 112 Å². The van der Waals surface area contributed by atoms with Crippen LogP contribution in [0, 0.1) is 18.8 Å². The fourth-order valence-electron chi connectivity index (χ4n) is 3.58. The number of amides is 2. The van der Waals surface area contributed by atoms with Gasteiger partial charge in [-0.15, -0.1) is 0 Å². The van der Waals surface area contributed by atoms with Crippen molar-refractivity contribution in [3.63, 3.8) is 0 Å². The first-order valence-electron chi connectivity index (χ1n) is 10.2. The van der Waals surface area contributed by atoms with Gasteiger partial charge in [0.1, 0.15) is 5.60 Å². The number of nitrogens with zero attached hydrogens (tertiary/aromatic N) is 4. The summed E-state index contributed by atoms with van der Waals surface area (Å²) >= 11 is 0. The molecule has 3 unspecified atom stereocenters. The van der Waals surface area contributed by atoms with Gasteiger partial charge in [0.2, 0.25) is 0 Å². The van der Waals surface area contributed by atoms with Crippen molar-refractivity contribution in [2.75, 3.05) is 19.6 Å². The number of aryl methyl sites for hydroxylation is 1. The van der Waals surface area contributed by atoms with Crippen LogP contribution >= 0.6 is 0 Å². The lowest BCUT2D eigenvalue weighted by molar-refractivity contribution is -0.0149. The van der Waals surface area contributed by atoms with E-state index >= 15 is 0 Å². The van der Waals surface area contributed by atoms with Crippen LogP contribution in [0.25, 0.3) is 0 Å². The Morgan fingerprint density at radius 1 is 1.28 bits per heavy atom. The van der Waals surface area contributed by atoms with Crippen molar-refractivity contribution in [1.29, 1.82) is 0 Å². The van der Waals surface area contributed by atoms with Gasteiger partial charge in [-0.3, -0.25) is 4.79 Å². The largest absolute Gasteiger partial charge is 0.444 e. The molecule has 0 bridgehead atoms. The zero-order chi connectivity index (χ0) is 21.9. The number of hydrogen-bond donors (Lipinski definition) is 2. The first-order chi connectivity index (χ1) is 13.4. The van der Waals surface area contributed by atoms with E-state index in [-0.39, 0.29) is 29.5 Å². The molecule has 0 aromatic carbocycles. The first kappa shape index (κ1) is 23.1. The molecular formula is C20H35N5O4. The molecule has 0 spiro atoms. The number of H-pyrrole nitrogens is 1. The van der Waals surface area contributed by atoms with Crippen LogP contribution in [0.4, 0.5) is 4.79 Å². The Kier molecular flexibility index (Phi) is 7.26. The average molecular weight is 410 g/mol. The Hall–Kier alpha value is -2.16. The number of aliphatic hydroxyl groups is 1. The monoisotopic (exact) mass is 409 g/mol. The lowest BCUT2D eigenvalue weighted by atomic mass is 9.89. The van der Waals surface area contributed by atoms with E-state index in [1.807, 2.05) is 34.6 Å². The summed E-state index contributed by atoms with van der Waals surface area (Å²) in [5.74, 6) is -0.138. The molecule has 0 radical (unpaired) electrons. The summed E-state index contributed by atoms with van der Waals surface area (Å²) in [4.78, 5) is 29.3. The van der Waals surface area contributed by atoms with Crippen LogP contribution in [0.1, 0.15) is 64.1 Å². The molecule has 29 heavy (non-hydrogen) atoms. The molecule has 1 fully saturated rings. The van der Waals surface area contributed by atoms with Crippen LogP contribution in [0.5, 0.6) is 0 Å². The zero-order valence-electron chi connectivity index (χ0n) is 18.6. The SMILES string of the molecule is Cc1n[nH]nc1C(=O)N(CC(C)C)C1CC(C(C)O)CN(C(=O)OC(C)(C)C)C1. The van der Waals surface area contributed by atoms with E-state index in [4.69, 9.17) is 4.74 Å². The summed E-state index contributed by atoms with van der Waals surface area (Å²) in [6.45, 7) is 14.3. The van der Waals surface area contributed by atoms with Gasteiger partial charge in [0.15, 0.2) is 5.69 Å². The van der Waals surface area contributed by atoms with Gasteiger partial charge >= 0.3 is 6.09 Å². The number of aromatic amines is 1. The van der Waals surface area contributed by atoms with Crippen molar-refractivity contribution in [2.45, 2.75) is 72.6 Å². The van der Waals surface area contributed by atoms with E-state index in [0.717, 1.165) is 0 Å². The molecule has 3 atom stereocenters. The van der Waals surface area contributed by atoms with E-state index in [9.17, 15) is 14.7 Å². The van der Waals surface area contributed by atoms with Gasteiger partial charge in [-0.05, 0) is 47.0 Å². The second kappa shape index (κ2) is 9.11. The molecule has 2 N–H and O–H groups in total. The lowest BCUT2D eigenvalue weighted by Gasteiger charge is -2.44. The summed E-state index contributed by atoms with van der Waals surface area (Å²) in [6, 6.07) is -0.248. The van der Waals surface area contributed by atoms with E-state index in [1.54, 1.807) is 23.6 Å². The number of ether oxygens (including phenoxy) is 1. The number of carbonyl (C=O) groups excluding carboxylic acids is 2. The van der Waals surface area contributed by atoms with Gasteiger partial charge < -0.3 is 19.6 Å². The van der Waals surface area contributed by atoms with Crippen molar-refractivity contribution >= 4 is 12.0 Å². The predicted molar refractivity (Wildman–Crippen MR) is 108 cm³/mol. The molecule has 1 aromatic rings. The highest BCUT2D eigenvalue weighted by atomic mass is 16.6. The molecule has 2 amide bonds. The third-order valence-corrected chi connectivity index (χ3v) is 4.98. The summed E-state index contributed by atoms with van der Waals surface area (Å²) in [6.07, 6.45) is -0.429. The highest BCUT2D eigenvalue weighted by molar-refractivity contribution is 5.93. The Bertz CT molecular complexity index is 710. The van der Waals surface area contributed by atoms with Crippen molar-refractivity contribution in [2.24, 2.45) is 11.8 Å². The highest BCUT2D eigenvalue weighted by Crippen LogP contribution is 2.27. The van der Waals surface area contributed by atoms with E-state index in [2.05, 4.69) is 15.4 Å². The fraction of sp³-hybridized carbons (Fsp3) is 0.800. The molecule has 1 aliphatic heterocycles. The zero-order valence-corrected chi connectivity index (χ0v) is 18.6. The minimum atomic E-state index is -0.615. The average Bonchev–Trinajstić information content (AvgIpc) is 3.03. The second-order valence-electron chi connectivity index (χ2n) is 9.38. The van der Waals surface area contributed by atoms with Crippen molar-refractivity contribution in [3.8, 4) is 0 Å². The third kappa shape index (κ3) is 6.16. The summed E-state index contributed by atoms with van der Waals surface area (Å²) in [5.41, 5.74) is 0.208. The van der Waals surface area contributed by atoms with Gasteiger partial charge in [0.05, 0.1) is 17.8 Å². The minimum Gasteiger partial charge on any atom is -0.444 e. The summed E-state index contributed by atoms with van der Waals surface area (Å²) in [5, 5.41) is 20.7. The van der Waals surface area contributed by atoms with Crippen LogP contribution in [0.15, 0.2) is 0 Å². The van der Waals surface area contributed by atoms with Gasteiger partial charge in [-0.1, -0.05) is 13.8 Å². The Balaban J connectivity index is 2.30. The Morgan fingerprint density at radius 2 is 1.93 bits per heavy atom. The van der Waals surface area contributed by atoms with Gasteiger partial charge in [-0.2, -0.15) is 15.4 Å². The van der Waals surface area contributed by atoms with E-state index in [0.29, 0.717) is 31.7 Å². The van der Waals surface area contributed by atoms with Gasteiger partial charge in [0.25, 0.3) is 5.91 Å². The van der Waals surface area contributed by atoms with E-state index < -0.39 is 17.8 Å². The molecular weight excluding hydrogens is 374 g/mol. The van der Waals surface area contributed by atoms with Crippen LogP contribution in [-0.2, 0) is 4.74 Å². The quantitative estimate of drug-likeness (QED) is 0.771. The molecule has 0 saturated carbocycles. The van der Waals surface area contributed by atoms with E-state index in [1.165, 1.54) is 0 Å². The number of hydrogen-bond acceptors (Lipinski definition) is 6. The van der Waals surface area contributed by atoms with Crippen molar-refractivity contribution in [1.82, 2.24) is 25.2 Å². The molecule has 0 aliphatic carbocycles. The molecule has 9 heteroatoms. The third-order valence-electron chi connectivity index (χ3n) is 4.98. The molecule has 1 aromatic heterocycles. The molecule has 2 rings (SSSR count). The normalized spacial score (nSPS) is 21.2. The number of likely N-dealkylation sites (tertiary alicyclic amines) is 1. The number of aromatic nitrogens is 3. The molecule has 9 nitrogen and oxygen atoms in total. The fourth-order valence-corrected chi connectivity index (χ4v) is 3.58. The van der Waals surface area contributed by atoms with Crippen molar-refractivity contribution < 1.29 is 19.4 Å². The molecule has 2 heterocycles. The van der Waals surface area contributed by atoms with Crippen LogP contribution in [0.2, 0.25) is 0 Å². The number of nitrogens with one attached hydrogen (secondary N) is 1. The maximum Gasteiger partial charge on any atom is 0.410 e. The highest BCUT2D eigenvalue weighted by Gasteiger charge is 2.39. The lowest BCUT2D eigenvalue weighted by Crippen LogP contribution is -2.57. The number of carbonyl (C=O) groups is 2. The summed E-state index contributed by atoms with van der Waals surface area (Å²) in [7, 11) is 0. The minimum absolute atomic E-state index is 0.151. The molecule has 1 saturated heterocycles. The van der Waals surface area contributed by atoms with Crippen LogP contribution in [-0.4, -0.2) is 79.7 Å². The second-order valence-corrected chi connectivity index (χ2v) is 9.38. The van der Waals surface area contributed by atoms with Gasteiger partial charge in [0, 0.05) is 25.6 Å². The number of rotatable bonds is 5.